The molecule has 0 aliphatic carbocycles. The fourth-order valence-electron chi connectivity index (χ4n) is 2.06. The number of oxime groups is 1. The number of rotatable bonds is 1. The second kappa shape index (κ2) is 4.00. The third kappa shape index (κ3) is 1.47. The predicted molar refractivity (Wildman–Crippen MR) is 69.4 cm³/mol. The summed E-state index contributed by atoms with van der Waals surface area (Å²) in [4.78, 5) is 12.3. The van der Waals surface area contributed by atoms with Gasteiger partial charge in [-0.15, -0.1) is 0 Å². The van der Waals surface area contributed by atoms with Gasteiger partial charge < -0.3 is 9.62 Å². The molecular weight excluding hydrogens is 230 g/mol. The van der Waals surface area contributed by atoms with E-state index in [0.29, 0.717) is 11.0 Å². The van der Waals surface area contributed by atoms with E-state index in [-0.39, 0.29) is 11.0 Å². The van der Waals surface area contributed by atoms with E-state index in [4.69, 9.17) is 9.62 Å². The first-order valence-corrected chi connectivity index (χ1v) is 5.42. The first-order chi connectivity index (χ1) is 8.81. The summed E-state index contributed by atoms with van der Waals surface area (Å²) >= 11 is 0. The van der Waals surface area contributed by atoms with Crippen LogP contribution in [0.4, 0.5) is 0 Å². The number of fused-ring (bicyclic) bond motifs is 3. The molecule has 1 aromatic heterocycles. The molecule has 4 heteroatoms. The molecule has 1 N–H and O–H groups in total. The largest absolute Gasteiger partial charge is 0.463 e. The van der Waals surface area contributed by atoms with Gasteiger partial charge in [-0.3, -0.25) is 4.79 Å². The van der Waals surface area contributed by atoms with Crippen molar-refractivity contribution in [2.45, 2.75) is 0 Å². The molecule has 0 aliphatic rings. The van der Waals surface area contributed by atoms with Crippen molar-refractivity contribution in [1.29, 1.82) is 0 Å². The Bertz CT molecular complexity index is 818. The smallest absolute Gasteiger partial charge is 0.202 e. The summed E-state index contributed by atoms with van der Waals surface area (Å²) in [7, 11) is 0. The van der Waals surface area contributed by atoms with Gasteiger partial charge in [0, 0.05) is 0 Å². The van der Waals surface area contributed by atoms with Gasteiger partial charge in [-0.1, -0.05) is 35.5 Å². The van der Waals surface area contributed by atoms with Crippen LogP contribution in [-0.4, -0.2) is 11.4 Å². The van der Waals surface area contributed by atoms with Crippen molar-refractivity contribution >= 4 is 28.0 Å². The Kier molecular flexibility index (Phi) is 2.34. The minimum absolute atomic E-state index is 0.203. The quantitative estimate of drug-likeness (QED) is 0.307. The van der Waals surface area contributed by atoms with Crippen LogP contribution in [0.25, 0.3) is 21.7 Å². The maximum atomic E-state index is 12.3. The van der Waals surface area contributed by atoms with E-state index < -0.39 is 0 Å². The second-order valence-corrected chi connectivity index (χ2v) is 3.92. The first kappa shape index (κ1) is 10.5. The lowest BCUT2D eigenvalue weighted by molar-refractivity contribution is 0.321. The van der Waals surface area contributed by atoms with Gasteiger partial charge in [-0.2, -0.15) is 0 Å². The van der Waals surface area contributed by atoms with Crippen LogP contribution in [0.3, 0.4) is 0 Å². The summed E-state index contributed by atoms with van der Waals surface area (Å²) in [5.74, 6) is 0. The monoisotopic (exact) mass is 239 g/mol. The molecule has 88 valence electrons. The molecule has 0 amide bonds. The Morgan fingerprint density at radius 3 is 2.83 bits per heavy atom. The third-order valence-electron chi connectivity index (χ3n) is 2.89. The van der Waals surface area contributed by atoms with Crippen LogP contribution < -0.4 is 5.43 Å². The first-order valence-electron chi connectivity index (χ1n) is 5.42. The molecule has 2 aromatic carbocycles. The fraction of sp³-hybridized carbons (Fsp3) is 0. The Balaban J connectivity index is 2.55. The topological polar surface area (TPSA) is 62.8 Å². The average molecular weight is 239 g/mol. The van der Waals surface area contributed by atoms with Gasteiger partial charge in [0.25, 0.3) is 0 Å². The van der Waals surface area contributed by atoms with Gasteiger partial charge in [-0.05, 0) is 16.8 Å². The summed E-state index contributed by atoms with van der Waals surface area (Å²) in [6.07, 6.45) is 2.37. The Morgan fingerprint density at radius 2 is 2.00 bits per heavy atom. The molecule has 1 heterocycles. The second-order valence-electron chi connectivity index (χ2n) is 3.92. The Morgan fingerprint density at radius 1 is 1.17 bits per heavy atom. The molecule has 0 saturated carbocycles. The molecule has 4 nitrogen and oxygen atoms in total. The van der Waals surface area contributed by atoms with Crippen molar-refractivity contribution in [1.82, 2.24) is 0 Å². The summed E-state index contributed by atoms with van der Waals surface area (Å²) in [6.45, 7) is 0. The predicted octanol–water partition coefficient (Wildman–Crippen LogP) is 2.75. The number of hydrogen-bond donors (Lipinski definition) is 1. The molecule has 18 heavy (non-hydrogen) atoms. The highest BCUT2D eigenvalue weighted by atomic mass is 16.4. The highest BCUT2D eigenvalue weighted by molar-refractivity contribution is 6.06. The van der Waals surface area contributed by atoms with Crippen LogP contribution in [0, 0.1) is 0 Å². The molecular formula is C14H9NO3. The standard InChI is InChI=1S/C14H9NO3/c16-14-10(7-15-17)8-18-12-6-5-9-3-1-2-4-11(9)13(12)14/h1-8,17H/b15-7+. The molecule has 0 aliphatic heterocycles. The zero-order valence-electron chi connectivity index (χ0n) is 9.33. The van der Waals surface area contributed by atoms with Crippen LogP contribution in [0.5, 0.6) is 0 Å². The van der Waals surface area contributed by atoms with Gasteiger partial charge in [-0.25, -0.2) is 0 Å². The zero-order chi connectivity index (χ0) is 12.5. The summed E-state index contributed by atoms with van der Waals surface area (Å²) < 4.78 is 5.38. The summed E-state index contributed by atoms with van der Waals surface area (Å²) in [6, 6.07) is 11.2. The van der Waals surface area contributed by atoms with E-state index in [0.717, 1.165) is 17.0 Å². The number of benzene rings is 2. The maximum absolute atomic E-state index is 12.3. The fourth-order valence-corrected chi connectivity index (χ4v) is 2.06. The maximum Gasteiger partial charge on any atom is 0.202 e. The van der Waals surface area contributed by atoms with Gasteiger partial charge in [0.2, 0.25) is 5.43 Å². The van der Waals surface area contributed by atoms with Crippen molar-refractivity contribution in [3.63, 3.8) is 0 Å². The van der Waals surface area contributed by atoms with Crippen LogP contribution in [0.1, 0.15) is 5.56 Å². The third-order valence-corrected chi connectivity index (χ3v) is 2.89. The van der Waals surface area contributed by atoms with E-state index in [1.807, 2.05) is 30.3 Å². The van der Waals surface area contributed by atoms with E-state index in [9.17, 15) is 4.79 Å². The zero-order valence-corrected chi connectivity index (χ0v) is 9.33. The lowest BCUT2D eigenvalue weighted by atomic mass is 10.0. The summed E-state index contributed by atoms with van der Waals surface area (Å²) in [5, 5.41) is 13.7. The minimum atomic E-state index is -0.203. The Labute approximate surface area is 102 Å². The molecule has 0 spiro atoms. The molecule has 0 fully saturated rings. The molecule has 0 saturated heterocycles. The Hall–Kier alpha value is -2.62. The normalized spacial score (nSPS) is 11.6. The molecule has 3 aromatic rings. The van der Waals surface area contributed by atoms with Gasteiger partial charge in [0.1, 0.15) is 11.8 Å². The van der Waals surface area contributed by atoms with Crippen LogP contribution in [0.2, 0.25) is 0 Å². The van der Waals surface area contributed by atoms with Crippen molar-refractivity contribution in [3.05, 3.63) is 58.4 Å². The van der Waals surface area contributed by atoms with Gasteiger partial charge >= 0.3 is 0 Å². The SMILES string of the molecule is O=c1c(/C=N/O)coc2ccc3ccccc3c12. The average Bonchev–Trinajstić information content (AvgIpc) is 2.41. The van der Waals surface area contributed by atoms with Crippen LogP contribution in [-0.2, 0) is 0 Å². The highest BCUT2D eigenvalue weighted by Gasteiger charge is 2.08. The lowest BCUT2D eigenvalue weighted by Gasteiger charge is -2.02. The lowest BCUT2D eigenvalue weighted by Crippen LogP contribution is -2.08. The van der Waals surface area contributed by atoms with Gasteiger partial charge in [0.15, 0.2) is 0 Å². The molecule has 0 atom stereocenters. The molecule has 0 bridgehead atoms. The van der Waals surface area contributed by atoms with E-state index in [1.165, 1.54) is 6.26 Å². The van der Waals surface area contributed by atoms with E-state index >= 15 is 0 Å². The van der Waals surface area contributed by atoms with E-state index in [2.05, 4.69) is 5.16 Å². The highest BCUT2D eigenvalue weighted by Crippen LogP contribution is 2.22. The van der Waals surface area contributed by atoms with E-state index in [1.54, 1.807) is 6.07 Å². The van der Waals surface area contributed by atoms with Crippen molar-refractivity contribution in [2.75, 3.05) is 0 Å². The molecule has 0 radical (unpaired) electrons. The number of hydrogen-bond acceptors (Lipinski definition) is 4. The number of nitrogens with zero attached hydrogens (tertiary/aromatic N) is 1. The van der Waals surface area contributed by atoms with Crippen molar-refractivity contribution in [2.24, 2.45) is 5.16 Å². The van der Waals surface area contributed by atoms with Crippen LogP contribution >= 0.6 is 0 Å². The summed E-state index contributed by atoms with van der Waals surface area (Å²) in [5.41, 5.74) is 0.543. The molecule has 3 rings (SSSR count). The van der Waals surface area contributed by atoms with Gasteiger partial charge in [0.05, 0.1) is 17.2 Å². The van der Waals surface area contributed by atoms with Crippen molar-refractivity contribution in [3.8, 4) is 0 Å². The van der Waals surface area contributed by atoms with Crippen molar-refractivity contribution < 1.29 is 9.62 Å². The minimum Gasteiger partial charge on any atom is -0.463 e. The van der Waals surface area contributed by atoms with Crippen LogP contribution in [0.15, 0.2) is 57.0 Å². The molecule has 0 unspecified atom stereocenters.